The third kappa shape index (κ3) is 6.74. The Morgan fingerprint density at radius 3 is 1.90 bits per heavy atom. The Balaban J connectivity index is 0.00000387. The summed E-state index contributed by atoms with van der Waals surface area (Å²) < 4.78 is 33.5. The van der Waals surface area contributed by atoms with Crippen LogP contribution in [-0.2, 0) is 19.6 Å². The number of rotatable bonds is 8. The summed E-state index contributed by atoms with van der Waals surface area (Å²) in [6.07, 6.45) is 0.174. The number of hydrogen-bond acceptors (Lipinski definition) is 5. The van der Waals surface area contributed by atoms with Crippen LogP contribution in [0, 0.1) is 0 Å². The number of anilines is 1. The molecule has 7 nitrogen and oxygen atoms in total. The lowest BCUT2D eigenvalue weighted by Crippen LogP contribution is -3.00. The van der Waals surface area contributed by atoms with E-state index >= 15 is 0 Å². The lowest BCUT2D eigenvalue weighted by Gasteiger charge is -2.27. The predicted molar refractivity (Wildman–Crippen MR) is 163 cm³/mol. The molecule has 2 N–H and O–H groups in total. The Labute approximate surface area is 251 Å². The highest BCUT2D eigenvalue weighted by molar-refractivity contribution is 7.96. The van der Waals surface area contributed by atoms with Gasteiger partial charge in [0, 0.05) is 5.02 Å². The molecule has 0 unspecified atom stereocenters. The molecule has 0 aromatic heterocycles. The molecular formula is C30H28Cl2N3O4PS. The third-order valence-electron chi connectivity index (χ3n) is 6.51. The molecule has 0 aliphatic carbocycles. The Hall–Kier alpha value is -3.42. The van der Waals surface area contributed by atoms with Gasteiger partial charge >= 0.3 is 5.97 Å². The maximum Gasteiger partial charge on any atom is 0.345 e. The van der Waals surface area contributed by atoms with E-state index in [-0.39, 0.29) is 42.0 Å². The van der Waals surface area contributed by atoms with Crippen LogP contribution in [0.5, 0.6) is 0 Å². The van der Waals surface area contributed by atoms with Crippen LogP contribution in [0.3, 0.4) is 0 Å². The first kappa shape index (κ1) is 30.5. The molecule has 1 aliphatic rings. The van der Waals surface area contributed by atoms with Gasteiger partial charge in [-0.15, -0.1) is 0 Å². The summed E-state index contributed by atoms with van der Waals surface area (Å²) in [4.78, 5) is 17.9. The average Bonchev–Trinajstić information content (AvgIpc) is 2.96. The molecule has 212 valence electrons. The molecule has 0 spiro atoms. The third-order valence-corrected chi connectivity index (χ3v) is 12.4. The van der Waals surface area contributed by atoms with Crippen LogP contribution < -0.4 is 38.4 Å². The van der Waals surface area contributed by atoms with Crippen LogP contribution in [0.25, 0.3) is 0 Å². The van der Waals surface area contributed by atoms with Gasteiger partial charge in [-0.25, -0.2) is 22.9 Å². The minimum atomic E-state index is -3.84. The zero-order valence-electron chi connectivity index (χ0n) is 22.1. The molecule has 5 rings (SSSR count). The minimum absolute atomic E-state index is 0. The van der Waals surface area contributed by atoms with Gasteiger partial charge in [0.05, 0.1) is 11.7 Å². The van der Waals surface area contributed by atoms with Gasteiger partial charge in [0.1, 0.15) is 34.7 Å². The first-order valence-corrected chi connectivity index (χ1v) is 16.5. The van der Waals surface area contributed by atoms with E-state index in [9.17, 15) is 13.2 Å². The van der Waals surface area contributed by atoms with Gasteiger partial charge < -0.3 is 22.5 Å². The van der Waals surface area contributed by atoms with Gasteiger partial charge in [-0.05, 0) is 61.5 Å². The van der Waals surface area contributed by atoms with Crippen molar-refractivity contribution in [1.29, 1.82) is 0 Å². The van der Waals surface area contributed by atoms with E-state index in [4.69, 9.17) is 16.3 Å². The number of hydrogen-bond donors (Lipinski definition) is 2. The fourth-order valence-corrected chi connectivity index (χ4v) is 10.1. The maximum atomic E-state index is 13.5. The van der Waals surface area contributed by atoms with Crippen molar-refractivity contribution in [2.75, 3.05) is 18.1 Å². The summed E-state index contributed by atoms with van der Waals surface area (Å²) in [6, 6.07) is 34.3. The standard InChI is InChI=1S/C30H28ClN3O4PS.ClH/c1-22(32-30-33-27-18-17-23(31)19-28(27)40(36,37)34-30)20-38-29(35)21-39(24-11-5-2-6-12-24,25-13-7-3-8-14-25)26-15-9-4-10-16-26;/h2-19,22H,20-21H2,1H3,(H2,32,33,34);1H/q+1;/p-1/t22-;/m1./s1. The summed E-state index contributed by atoms with van der Waals surface area (Å²) in [7, 11) is -6.22. The molecule has 0 saturated heterocycles. The molecule has 41 heavy (non-hydrogen) atoms. The van der Waals surface area contributed by atoms with Crippen molar-refractivity contribution >= 4 is 62.4 Å². The van der Waals surface area contributed by atoms with Crippen LogP contribution >= 0.6 is 18.9 Å². The predicted octanol–water partition coefficient (Wildman–Crippen LogP) is 1.33. The van der Waals surface area contributed by atoms with Crippen molar-refractivity contribution in [2.45, 2.75) is 17.9 Å². The van der Waals surface area contributed by atoms with Crippen molar-refractivity contribution in [1.82, 2.24) is 4.72 Å². The zero-order chi connectivity index (χ0) is 28.2. The molecule has 4 aromatic carbocycles. The van der Waals surface area contributed by atoms with Gasteiger partial charge in [-0.1, -0.05) is 66.2 Å². The molecule has 4 aromatic rings. The number of sulfonamides is 1. The van der Waals surface area contributed by atoms with Crippen molar-refractivity contribution in [3.8, 4) is 0 Å². The van der Waals surface area contributed by atoms with Gasteiger partial charge in [0.2, 0.25) is 5.96 Å². The topological polar surface area (TPSA) is 96.9 Å². The number of carbonyl (C=O) groups excluding carboxylic acids is 1. The number of guanidine groups is 1. The molecule has 0 radical (unpaired) electrons. The van der Waals surface area contributed by atoms with Crippen molar-refractivity contribution in [2.24, 2.45) is 4.99 Å². The fraction of sp³-hybridized carbons (Fsp3) is 0.133. The second-order valence-corrected chi connectivity index (χ2v) is 14.9. The quantitative estimate of drug-likeness (QED) is 0.227. The minimum Gasteiger partial charge on any atom is -1.00 e. The number of benzene rings is 4. The maximum absolute atomic E-state index is 13.5. The van der Waals surface area contributed by atoms with Crippen LogP contribution in [-0.4, -0.2) is 39.2 Å². The molecule has 1 atom stereocenters. The molecular weight excluding hydrogens is 600 g/mol. The van der Waals surface area contributed by atoms with E-state index in [2.05, 4.69) is 51.4 Å². The van der Waals surface area contributed by atoms with Gasteiger partial charge in [0.15, 0.2) is 6.16 Å². The van der Waals surface area contributed by atoms with Gasteiger partial charge in [-0.2, -0.15) is 0 Å². The normalized spacial score (nSPS) is 15.4. The highest BCUT2D eigenvalue weighted by atomic mass is 35.5. The molecule has 0 saturated carbocycles. The largest absolute Gasteiger partial charge is 1.00 e. The lowest BCUT2D eigenvalue weighted by atomic mass is 10.3. The van der Waals surface area contributed by atoms with E-state index in [1.807, 2.05) is 54.6 Å². The Bertz CT molecular complexity index is 1540. The Kier molecular flexibility index (Phi) is 9.72. The summed E-state index contributed by atoms with van der Waals surface area (Å²) in [5.74, 6) is -0.299. The van der Waals surface area contributed by atoms with E-state index in [0.717, 1.165) is 15.9 Å². The number of esters is 1. The van der Waals surface area contributed by atoms with Crippen molar-refractivity contribution < 1.29 is 30.4 Å². The first-order valence-electron chi connectivity index (χ1n) is 12.7. The highest BCUT2D eigenvalue weighted by Gasteiger charge is 2.47. The van der Waals surface area contributed by atoms with Gasteiger partial charge in [-0.3, -0.25) is 0 Å². The monoisotopic (exact) mass is 627 g/mol. The van der Waals surface area contributed by atoms with Crippen LogP contribution in [0.15, 0.2) is 119 Å². The summed E-state index contributed by atoms with van der Waals surface area (Å²) >= 11 is 5.96. The summed E-state index contributed by atoms with van der Waals surface area (Å²) in [6.45, 7) is 1.74. The number of carbonyl (C=O) groups is 1. The molecule has 1 heterocycles. The molecule has 11 heteroatoms. The molecule has 0 fully saturated rings. The van der Waals surface area contributed by atoms with Crippen LogP contribution in [0.2, 0.25) is 5.02 Å². The second-order valence-electron chi connectivity index (χ2n) is 9.36. The smallest absolute Gasteiger partial charge is 0.345 e. The number of nitrogens with zero attached hydrogens (tertiary/aromatic N) is 1. The SMILES string of the molecule is C[C@H](COC(=O)C[P+](c1ccccc1)(c1ccccc1)c1ccccc1)N=C1Nc2ccc(Cl)cc2S(=O)(=O)N1.[Cl-]. The van der Waals surface area contributed by atoms with Crippen molar-refractivity contribution in [3.05, 3.63) is 114 Å². The highest BCUT2D eigenvalue weighted by Crippen LogP contribution is 2.55. The number of fused-ring (bicyclic) bond motifs is 1. The zero-order valence-corrected chi connectivity index (χ0v) is 25.3. The Morgan fingerprint density at radius 1 is 0.878 bits per heavy atom. The van der Waals surface area contributed by atoms with E-state index < -0.39 is 23.3 Å². The van der Waals surface area contributed by atoms with Gasteiger partial charge in [0.25, 0.3) is 10.0 Å². The average molecular weight is 629 g/mol. The summed E-state index contributed by atoms with van der Waals surface area (Å²) in [5, 5.41) is 6.52. The molecule has 0 bridgehead atoms. The van der Waals surface area contributed by atoms with E-state index in [1.54, 1.807) is 19.1 Å². The number of halogens is 2. The van der Waals surface area contributed by atoms with Crippen LogP contribution in [0.1, 0.15) is 6.92 Å². The van der Waals surface area contributed by atoms with E-state index in [0.29, 0.717) is 10.7 Å². The lowest BCUT2D eigenvalue weighted by molar-refractivity contribution is -0.140. The Morgan fingerprint density at radius 2 is 1.39 bits per heavy atom. The van der Waals surface area contributed by atoms with Crippen molar-refractivity contribution in [3.63, 3.8) is 0 Å². The first-order chi connectivity index (χ1) is 19.3. The fourth-order valence-electron chi connectivity index (χ4n) is 4.69. The van der Waals surface area contributed by atoms with E-state index in [1.165, 1.54) is 6.07 Å². The summed E-state index contributed by atoms with van der Waals surface area (Å²) in [5.41, 5.74) is 0.370. The number of aliphatic imine (C=N–C) groups is 1. The number of nitrogens with one attached hydrogen (secondary N) is 2. The number of ether oxygens (including phenoxy) is 1. The van der Waals surface area contributed by atoms with Crippen LogP contribution in [0.4, 0.5) is 5.69 Å². The molecule has 1 aliphatic heterocycles. The molecule has 0 amide bonds. The second kappa shape index (κ2) is 13.0.